The van der Waals surface area contributed by atoms with Gasteiger partial charge in [0.15, 0.2) is 5.16 Å². The Bertz CT molecular complexity index is 1150. The predicted octanol–water partition coefficient (Wildman–Crippen LogP) is 3.68. The third kappa shape index (κ3) is 3.85. The summed E-state index contributed by atoms with van der Waals surface area (Å²) >= 11 is 2.80. The highest BCUT2D eigenvalue weighted by atomic mass is 32.2. The summed E-state index contributed by atoms with van der Waals surface area (Å²) in [6.45, 7) is 0.181. The zero-order valence-electron chi connectivity index (χ0n) is 14.7. The molecule has 0 aliphatic rings. The molecule has 0 aliphatic heterocycles. The Hall–Kier alpha value is -2.35. The van der Waals surface area contributed by atoms with Gasteiger partial charge in [-0.05, 0) is 34.4 Å². The van der Waals surface area contributed by atoms with Gasteiger partial charge in [-0.3, -0.25) is 9.36 Å². The lowest BCUT2D eigenvalue weighted by Gasteiger charge is -2.13. The van der Waals surface area contributed by atoms with E-state index in [1.165, 1.54) is 27.7 Å². The molecule has 0 saturated carbocycles. The Morgan fingerprint density at radius 3 is 2.89 bits per heavy atom. The van der Waals surface area contributed by atoms with Gasteiger partial charge in [-0.1, -0.05) is 42.1 Å². The molecule has 2 aromatic heterocycles. The Kier molecular flexibility index (Phi) is 5.15. The molecule has 0 amide bonds. The molecular formula is C20H18N2O3S2. The number of hydrogen-bond donors (Lipinski definition) is 1. The van der Waals surface area contributed by atoms with Gasteiger partial charge in [-0.25, -0.2) is 4.98 Å². The number of aliphatic hydroxyl groups is 1. The van der Waals surface area contributed by atoms with Crippen molar-refractivity contribution in [1.82, 2.24) is 9.55 Å². The summed E-state index contributed by atoms with van der Waals surface area (Å²) in [6.07, 6.45) is -0.669. The lowest BCUT2D eigenvalue weighted by Crippen LogP contribution is -2.23. The number of thiophene rings is 1. The lowest BCUT2D eigenvalue weighted by molar-refractivity contribution is 0.126. The predicted molar refractivity (Wildman–Crippen MR) is 111 cm³/mol. The molecule has 0 radical (unpaired) electrons. The van der Waals surface area contributed by atoms with Crippen LogP contribution in [0.3, 0.4) is 0 Å². The summed E-state index contributed by atoms with van der Waals surface area (Å²) in [5.74, 6) is 1.12. The van der Waals surface area contributed by atoms with Gasteiger partial charge >= 0.3 is 0 Å². The summed E-state index contributed by atoms with van der Waals surface area (Å²) in [4.78, 5) is 17.5. The number of fused-ring (bicyclic) bond motifs is 2. The van der Waals surface area contributed by atoms with Crippen LogP contribution in [-0.2, 0) is 7.05 Å². The second-order valence-electron chi connectivity index (χ2n) is 6.18. The van der Waals surface area contributed by atoms with Gasteiger partial charge in [0.2, 0.25) is 0 Å². The summed E-state index contributed by atoms with van der Waals surface area (Å²) in [5.41, 5.74) is -0.0642. The first-order valence-corrected chi connectivity index (χ1v) is 10.3. The van der Waals surface area contributed by atoms with E-state index in [1.54, 1.807) is 13.1 Å². The monoisotopic (exact) mass is 398 g/mol. The first kappa shape index (κ1) is 18.0. The van der Waals surface area contributed by atoms with Gasteiger partial charge < -0.3 is 9.84 Å². The molecule has 0 unspecified atom stereocenters. The molecular weight excluding hydrogens is 380 g/mol. The molecule has 7 heteroatoms. The second kappa shape index (κ2) is 7.72. The van der Waals surface area contributed by atoms with E-state index < -0.39 is 6.10 Å². The Morgan fingerprint density at radius 1 is 1.22 bits per heavy atom. The minimum absolute atomic E-state index is 0.0642. The number of hydrogen-bond acceptors (Lipinski definition) is 6. The maximum absolute atomic E-state index is 12.3. The highest BCUT2D eigenvalue weighted by molar-refractivity contribution is 7.99. The van der Waals surface area contributed by atoms with E-state index in [0.29, 0.717) is 16.3 Å². The topological polar surface area (TPSA) is 64.3 Å². The van der Waals surface area contributed by atoms with Crippen LogP contribution in [0.5, 0.6) is 5.75 Å². The normalized spacial score (nSPS) is 12.5. The molecule has 0 fully saturated rings. The van der Waals surface area contributed by atoms with E-state index in [9.17, 15) is 9.90 Å². The van der Waals surface area contributed by atoms with E-state index in [4.69, 9.17) is 4.74 Å². The molecule has 5 nitrogen and oxygen atoms in total. The molecule has 1 atom stereocenters. The van der Waals surface area contributed by atoms with Crippen molar-refractivity contribution < 1.29 is 9.84 Å². The second-order valence-corrected chi connectivity index (χ2v) is 8.06. The van der Waals surface area contributed by atoms with Crippen molar-refractivity contribution in [2.24, 2.45) is 7.05 Å². The number of thioether (sulfide) groups is 1. The van der Waals surface area contributed by atoms with Crippen LogP contribution in [0, 0.1) is 0 Å². The van der Waals surface area contributed by atoms with E-state index in [-0.39, 0.29) is 12.2 Å². The zero-order valence-corrected chi connectivity index (χ0v) is 16.3. The number of benzene rings is 2. The highest BCUT2D eigenvalue weighted by Gasteiger charge is 2.13. The van der Waals surface area contributed by atoms with Crippen molar-refractivity contribution in [2.75, 3.05) is 12.4 Å². The van der Waals surface area contributed by atoms with E-state index >= 15 is 0 Å². The van der Waals surface area contributed by atoms with Crippen LogP contribution in [0.25, 0.3) is 21.0 Å². The highest BCUT2D eigenvalue weighted by Crippen LogP contribution is 2.23. The number of aliphatic hydroxyl groups excluding tert-OH is 1. The fourth-order valence-corrected chi connectivity index (χ4v) is 4.46. The van der Waals surface area contributed by atoms with Gasteiger partial charge in [0, 0.05) is 12.8 Å². The van der Waals surface area contributed by atoms with Crippen LogP contribution >= 0.6 is 23.1 Å². The fraction of sp³-hybridized carbons (Fsp3) is 0.200. The first-order chi connectivity index (χ1) is 13.1. The summed E-state index contributed by atoms with van der Waals surface area (Å²) in [5, 5.41) is 15.6. The summed E-state index contributed by atoms with van der Waals surface area (Å²) < 4.78 is 7.25. The number of rotatable bonds is 6. The fourth-order valence-electron chi connectivity index (χ4n) is 2.78. The van der Waals surface area contributed by atoms with Crippen molar-refractivity contribution in [1.29, 1.82) is 0 Å². The van der Waals surface area contributed by atoms with Crippen molar-refractivity contribution in [2.45, 2.75) is 11.3 Å². The zero-order chi connectivity index (χ0) is 18.8. The van der Waals surface area contributed by atoms with E-state index in [2.05, 4.69) is 4.98 Å². The molecule has 4 rings (SSSR count). The molecule has 0 aliphatic carbocycles. The van der Waals surface area contributed by atoms with Crippen LogP contribution in [0.4, 0.5) is 0 Å². The molecule has 1 N–H and O–H groups in total. The molecule has 0 saturated heterocycles. The smallest absolute Gasteiger partial charge is 0.262 e. The van der Waals surface area contributed by atoms with Crippen LogP contribution in [0.2, 0.25) is 0 Å². The Labute approximate surface area is 164 Å². The van der Waals surface area contributed by atoms with Crippen molar-refractivity contribution in [3.63, 3.8) is 0 Å². The molecule has 138 valence electrons. The maximum atomic E-state index is 12.3. The third-order valence-electron chi connectivity index (χ3n) is 4.23. The van der Waals surface area contributed by atoms with Gasteiger partial charge in [-0.2, -0.15) is 0 Å². The molecule has 2 aromatic carbocycles. The number of nitrogens with zero attached hydrogens (tertiary/aromatic N) is 2. The third-order valence-corrected chi connectivity index (χ3v) is 6.21. The Balaban J connectivity index is 1.38. The van der Waals surface area contributed by atoms with Crippen LogP contribution in [0.1, 0.15) is 0 Å². The molecule has 27 heavy (non-hydrogen) atoms. The molecule has 0 spiro atoms. The standard InChI is InChI=1S/C20H18N2O3S2/c1-22-19(24)17-8-9-26-18(17)21-20(22)27-12-15(23)11-25-16-7-6-13-4-2-3-5-14(13)10-16/h2-10,15,23H,11-12H2,1H3/t15-/m0/s1. The van der Waals surface area contributed by atoms with Gasteiger partial charge in [0.05, 0.1) is 11.5 Å². The largest absolute Gasteiger partial charge is 0.491 e. The minimum atomic E-state index is -0.669. The molecule has 0 bridgehead atoms. The van der Waals surface area contributed by atoms with Gasteiger partial charge in [0.25, 0.3) is 5.56 Å². The summed E-state index contributed by atoms with van der Waals surface area (Å²) in [6, 6.07) is 15.7. The molecule has 2 heterocycles. The first-order valence-electron chi connectivity index (χ1n) is 8.48. The van der Waals surface area contributed by atoms with Crippen molar-refractivity contribution in [3.05, 3.63) is 64.3 Å². The van der Waals surface area contributed by atoms with Crippen molar-refractivity contribution >= 4 is 44.1 Å². The van der Waals surface area contributed by atoms with E-state index in [0.717, 1.165) is 21.4 Å². The van der Waals surface area contributed by atoms with Crippen LogP contribution < -0.4 is 10.3 Å². The van der Waals surface area contributed by atoms with Crippen LogP contribution in [0.15, 0.2) is 63.9 Å². The van der Waals surface area contributed by atoms with Crippen LogP contribution in [-0.4, -0.2) is 33.1 Å². The number of aromatic nitrogens is 2. The average molecular weight is 399 g/mol. The minimum Gasteiger partial charge on any atom is -0.491 e. The maximum Gasteiger partial charge on any atom is 0.262 e. The van der Waals surface area contributed by atoms with Gasteiger partial charge in [-0.15, -0.1) is 11.3 Å². The quantitative estimate of drug-likeness (QED) is 0.396. The van der Waals surface area contributed by atoms with Gasteiger partial charge in [0.1, 0.15) is 17.2 Å². The molecule has 4 aromatic rings. The number of ether oxygens (including phenoxy) is 1. The van der Waals surface area contributed by atoms with E-state index in [1.807, 2.05) is 47.8 Å². The SMILES string of the molecule is Cn1c(SC[C@@H](O)COc2ccc3ccccc3c2)nc2sccc2c1=O. The summed E-state index contributed by atoms with van der Waals surface area (Å²) in [7, 11) is 1.70. The Morgan fingerprint density at radius 2 is 2.04 bits per heavy atom. The lowest BCUT2D eigenvalue weighted by atomic mass is 10.1. The average Bonchev–Trinajstić information content (AvgIpc) is 3.16. The van der Waals surface area contributed by atoms with Crippen molar-refractivity contribution in [3.8, 4) is 5.75 Å².